The van der Waals surface area contributed by atoms with Crippen molar-refractivity contribution in [3.05, 3.63) is 40.2 Å². The fraction of sp³-hybridized carbons (Fsp3) is 0.400. The first-order valence-corrected chi connectivity index (χ1v) is 7.45. The molecule has 0 fully saturated rings. The molecule has 0 aliphatic carbocycles. The highest BCUT2D eigenvalue weighted by Crippen LogP contribution is 2.24. The Labute approximate surface area is 128 Å². The lowest BCUT2D eigenvalue weighted by atomic mass is 10.1. The highest BCUT2D eigenvalue weighted by Gasteiger charge is 2.10. The summed E-state index contributed by atoms with van der Waals surface area (Å²) in [5.41, 5.74) is 2.29. The third-order valence-corrected chi connectivity index (χ3v) is 3.61. The van der Waals surface area contributed by atoms with E-state index in [9.17, 15) is 0 Å². The van der Waals surface area contributed by atoms with Crippen molar-refractivity contribution >= 4 is 22.6 Å². The Morgan fingerprint density at radius 1 is 1.26 bits per heavy atom. The van der Waals surface area contributed by atoms with Crippen LogP contribution in [0, 0.1) is 3.57 Å². The lowest BCUT2D eigenvalue weighted by Gasteiger charge is -2.19. The Kier molecular flexibility index (Phi) is 4.62. The summed E-state index contributed by atoms with van der Waals surface area (Å²) in [6.07, 6.45) is 3.98. The van der Waals surface area contributed by atoms with E-state index in [4.69, 9.17) is 4.74 Å². The van der Waals surface area contributed by atoms with Crippen LogP contribution in [-0.2, 0) is 11.3 Å². The van der Waals surface area contributed by atoms with Crippen molar-refractivity contribution in [1.82, 2.24) is 9.78 Å². The molecular formula is C15H19IN2O. The molecule has 1 aromatic carbocycles. The molecule has 0 saturated carbocycles. The Hall–Kier alpha value is -0.880. The second-order valence-corrected chi connectivity index (χ2v) is 6.59. The van der Waals surface area contributed by atoms with Crippen LogP contribution in [0.1, 0.15) is 20.8 Å². The minimum atomic E-state index is -0.0925. The van der Waals surface area contributed by atoms with E-state index < -0.39 is 0 Å². The lowest BCUT2D eigenvalue weighted by Crippen LogP contribution is -2.21. The van der Waals surface area contributed by atoms with Crippen LogP contribution in [0.2, 0.25) is 0 Å². The molecule has 102 valence electrons. The highest BCUT2D eigenvalue weighted by molar-refractivity contribution is 14.1. The third-order valence-electron chi connectivity index (χ3n) is 2.67. The molecule has 2 rings (SSSR count). The summed E-state index contributed by atoms with van der Waals surface area (Å²) in [5.74, 6) is 0. The standard InChI is InChI=1S/C15H19IN2O/c1-15(2,3)19-9-8-18-11-12(10-17-18)13-6-4-5-7-14(13)16/h4-7,10-11H,8-9H2,1-3H3. The van der Waals surface area contributed by atoms with Crippen molar-refractivity contribution < 1.29 is 4.74 Å². The maximum atomic E-state index is 5.71. The molecule has 1 heterocycles. The summed E-state index contributed by atoms with van der Waals surface area (Å²) in [6.45, 7) is 7.65. The highest BCUT2D eigenvalue weighted by atomic mass is 127. The summed E-state index contributed by atoms with van der Waals surface area (Å²) in [5, 5.41) is 4.39. The third kappa shape index (κ3) is 4.31. The van der Waals surface area contributed by atoms with E-state index in [1.807, 2.05) is 16.9 Å². The molecule has 0 amide bonds. The SMILES string of the molecule is CC(C)(C)OCCn1cc(-c2ccccc2I)cn1. The number of ether oxygens (including phenoxy) is 1. The molecule has 19 heavy (non-hydrogen) atoms. The first kappa shape index (κ1) is 14.5. The van der Waals surface area contributed by atoms with Gasteiger partial charge in [-0.05, 0) is 55.0 Å². The minimum absolute atomic E-state index is 0.0925. The molecule has 0 saturated heterocycles. The quantitative estimate of drug-likeness (QED) is 0.762. The molecule has 0 atom stereocenters. The predicted molar refractivity (Wildman–Crippen MR) is 86.1 cm³/mol. The van der Waals surface area contributed by atoms with Crippen molar-refractivity contribution in [3.8, 4) is 11.1 Å². The average Bonchev–Trinajstić information content (AvgIpc) is 2.76. The van der Waals surface area contributed by atoms with Gasteiger partial charge >= 0.3 is 0 Å². The number of benzene rings is 1. The van der Waals surface area contributed by atoms with Crippen molar-refractivity contribution in [1.29, 1.82) is 0 Å². The summed E-state index contributed by atoms with van der Waals surface area (Å²) < 4.78 is 8.89. The molecule has 1 aromatic heterocycles. The van der Waals surface area contributed by atoms with Gasteiger partial charge in [0.1, 0.15) is 0 Å². The normalized spacial score (nSPS) is 11.8. The summed E-state index contributed by atoms with van der Waals surface area (Å²) >= 11 is 2.35. The number of rotatable bonds is 4. The monoisotopic (exact) mass is 370 g/mol. The van der Waals surface area contributed by atoms with Gasteiger partial charge in [-0.25, -0.2) is 0 Å². The van der Waals surface area contributed by atoms with Crippen molar-refractivity contribution in [3.63, 3.8) is 0 Å². The van der Waals surface area contributed by atoms with Gasteiger partial charge in [-0.15, -0.1) is 0 Å². The zero-order chi connectivity index (χ0) is 13.9. The van der Waals surface area contributed by atoms with Crippen molar-refractivity contribution in [2.45, 2.75) is 32.9 Å². The van der Waals surface area contributed by atoms with E-state index in [1.54, 1.807) is 0 Å². The maximum absolute atomic E-state index is 5.71. The van der Waals surface area contributed by atoms with Gasteiger partial charge in [-0.3, -0.25) is 4.68 Å². The smallest absolute Gasteiger partial charge is 0.0669 e. The van der Waals surface area contributed by atoms with Gasteiger partial charge in [0.05, 0.1) is 24.9 Å². The zero-order valence-electron chi connectivity index (χ0n) is 11.6. The lowest BCUT2D eigenvalue weighted by molar-refractivity contribution is -0.00788. The van der Waals surface area contributed by atoms with Crippen LogP contribution in [0.5, 0.6) is 0 Å². The van der Waals surface area contributed by atoms with Gasteiger partial charge in [0, 0.05) is 15.3 Å². The molecule has 0 aliphatic rings. The molecule has 4 heteroatoms. The average molecular weight is 370 g/mol. The number of hydrogen-bond acceptors (Lipinski definition) is 2. The molecular weight excluding hydrogens is 351 g/mol. The summed E-state index contributed by atoms with van der Waals surface area (Å²) in [6, 6.07) is 8.33. The van der Waals surface area contributed by atoms with E-state index >= 15 is 0 Å². The summed E-state index contributed by atoms with van der Waals surface area (Å²) in [7, 11) is 0. The topological polar surface area (TPSA) is 27.1 Å². The fourth-order valence-corrected chi connectivity index (χ4v) is 2.46. The number of nitrogens with zero attached hydrogens (tertiary/aromatic N) is 2. The van der Waals surface area contributed by atoms with Crippen LogP contribution in [0.4, 0.5) is 0 Å². The Morgan fingerprint density at radius 2 is 2.00 bits per heavy atom. The van der Waals surface area contributed by atoms with Gasteiger partial charge in [-0.2, -0.15) is 5.10 Å². The molecule has 3 nitrogen and oxygen atoms in total. The van der Waals surface area contributed by atoms with Gasteiger partial charge in [0.25, 0.3) is 0 Å². The Bertz CT molecular complexity index is 543. The molecule has 0 radical (unpaired) electrons. The van der Waals surface area contributed by atoms with Crippen LogP contribution in [0.25, 0.3) is 11.1 Å². The second-order valence-electron chi connectivity index (χ2n) is 5.43. The van der Waals surface area contributed by atoms with E-state index in [0.717, 1.165) is 12.1 Å². The van der Waals surface area contributed by atoms with Gasteiger partial charge in [-0.1, -0.05) is 18.2 Å². The van der Waals surface area contributed by atoms with Gasteiger partial charge < -0.3 is 4.74 Å². The molecule has 2 aromatic rings. The van der Waals surface area contributed by atoms with Crippen LogP contribution >= 0.6 is 22.6 Å². The van der Waals surface area contributed by atoms with Crippen molar-refractivity contribution in [2.75, 3.05) is 6.61 Å². The molecule has 0 spiro atoms. The minimum Gasteiger partial charge on any atom is -0.374 e. The Morgan fingerprint density at radius 3 is 2.68 bits per heavy atom. The Balaban J connectivity index is 2.02. The molecule has 0 unspecified atom stereocenters. The number of halogens is 1. The van der Waals surface area contributed by atoms with Crippen LogP contribution in [0.15, 0.2) is 36.7 Å². The second kappa shape index (κ2) is 6.05. The van der Waals surface area contributed by atoms with E-state index in [2.05, 4.69) is 72.9 Å². The first-order valence-electron chi connectivity index (χ1n) is 6.37. The van der Waals surface area contributed by atoms with Crippen LogP contribution in [0.3, 0.4) is 0 Å². The van der Waals surface area contributed by atoms with Gasteiger partial charge in [0.2, 0.25) is 0 Å². The summed E-state index contributed by atoms with van der Waals surface area (Å²) in [4.78, 5) is 0. The molecule has 0 N–H and O–H groups in total. The zero-order valence-corrected chi connectivity index (χ0v) is 13.7. The van der Waals surface area contributed by atoms with Gasteiger partial charge in [0.15, 0.2) is 0 Å². The maximum Gasteiger partial charge on any atom is 0.0669 e. The fourth-order valence-electron chi connectivity index (χ4n) is 1.77. The predicted octanol–water partition coefficient (Wildman–Crippen LogP) is 3.97. The largest absolute Gasteiger partial charge is 0.374 e. The van der Waals surface area contributed by atoms with E-state index in [0.29, 0.717) is 6.61 Å². The molecule has 0 aliphatic heterocycles. The number of aromatic nitrogens is 2. The van der Waals surface area contributed by atoms with E-state index in [1.165, 1.54) is 9.13 Å². The van der Waals surface area contributed by atoms with Crippen LogP contribution in [-0.4, -0.2) is 22.0 Å². The number of hydrogen-bond donors (Lipinski definition) is 0. The van der Waals surface area contributed by atoms with Crippen LogP contribution < -0.4 is 0 Å². The molecule has 0 bridgehead atoms. The first-order chi connectivity index (χ1) is 8.96. The van der Waals surface area contributed by atoms with E-state index in [-0.39, 0.29) is 5.60 Å². The van der Waals surface area contributed by atoms with Crippen molar-refractivity contribution in [2.24, 2.45) is 0 Å².